The van der Waals surface area contributed by atoms with E-state index in [-0.39, 0.29) is 23.9 Å². The molecule has 0 spiro atoms. The second kappa shape index (κ2) is 4.04. The molecule has 2 N–H and O–H groups in total. The zero-order valence-electron chi connectivity index (χ0n) is 10.1. The molecule has 4 nitrogen and oxygen atoms in total. The number of nitrogens with two attached hydrogens (primary N) is 1. The summed E-state index contributed by atoms with van der Waals surface area (Å²) in [7, 11) is 1.49. The van der Waals surface area contributed by atoms with Crippen molar-refractivity contribution in [2.75, 3.05) is 7.05 Å². The molecule has 0 radical (unpaired) electrons. The van der Waals surface area contributed by atoms with E-state index < -0.39 is 17.2 Å². The maximum Gasteiger partial charge on any atom is 0.231 e. The van der Waals surface area contributed by atoms with Crippen LogP contribution in [-0.4, -0.2) is 23.8 Å². The van der Waals surface area contributed by atoms with Crippen LogP contribution in [0, 0.1) is 11.6 Å². The first-order valence-electron chi connectivity index (χ1n) is 5.41. The summed E-state index contributed by atoms with van der Waals surface area (Å²) < 4.78 is 27.0. The average Bonchev–Trinajstić information content (AvgIpc) is 2.29. The molecular weight excluding hydrogens is 240 g/mol. The Hall–Kier alpha value is -1.98. The Morgan fingerprint density at radius 1 is 1.44 bits per heavy atom. The summed E-state index contributed by atoms with van der Waals surface area (Å²) >= 11 is 0. The molecule has 0 unspecified atom stereocenters. The Bertz CT molecular complexity index is 544. The third-order valence-corrected chi connectivity index (χ3v) is 3.08. The van der Waals surface area contributed by atoms with Crippen molar-refractivity contribution in [1.82, 2.24) is 4.90 Å². The third kappa shape index (κ3) is 1.94. The highest BCUT2D eigenvalue weighted by Gasteiger charge is 2.38. The quantitative estimate of drug-likeness (QED) is 0.821. The standard InChI is InChI=1S/C12H13F2N3O/c1-12(6-10(18)17(2)11(15)16-12)8-5-7(13)3-4-9(8)14/h3-5H,6H2,1-2H3,(H2,15,16)/t12-/m0/s1. The van der Waals surface area contributed by atoms with E-state index >= 15 is 0 Å². The van der Waals surface area contributed by atoms with Crippen LogP contribution in [0.25, 0.3) is 0 Å². The van der Waals surface area contributed by atoms with Gasteiger partial charge in [-0.2, -0.15) is 0 Å². The van der Waals surface area contributed by atoms with Gasteiger partial charge in [-0.05, 0) is 25.1 Å². The summed E-state index contributed by atoms with van der Waals surface area (Å²) in [6.45, 7) is 1.56. The van der Waals surface area contributed by atoms with Gasteiger partial charge in [0.05, 0.1) is 12.0 Å². The molecule has 1 aliphatic heterocycles. The lowest BCUT2D eigenvalue weighted by Crippen LogP contribution is -2.47. The largest absolute Gasteiger partial charge is 0.369 e. The van der Waals surface area contributed by atoms with Crippen molar-refractivity contribution in [2.24, 2.45) is 10.7 Å². The number of guanidine groups is 1. The summed E-state index contributed by atoms with van der Waals surface area (Å²) in [5.41, 5.74) is 4.48. The fourth-order valence-electron chi connectivity index (χ4n) is 1.97. The van der Waals surface area contributed by atoms with Crippen LogP contribution in [0.4, 0.5) is 8.78 Å². The highest BCUT2D eigenvalue weighted by molar-refractivity contribution is 5.98. The number of nitrogens with zero attached hydrogens (tertiary/aromatic N) is 2. The molecule has 18 heavy (non-hydrogen) atoms. The van der Waals surface area contributed by atoms with Crippen molar-refractivity contribution in [2.45, 2.75) is 18.9 Å². The Morgan fingerprint density at radius 3 is 2.72 bits per heavy atom. The highest BCUT2D eigenvalue weighted by Crippen LogP contribution is 2.34. The fraction of sp³-hybridized carbons (Fsp3) is 0.333. The summed E-state index contributed by atoms with van der Waals surface area (Å²) in [6, 6.07) is 3.08. The lowest BCUT2D eigenvalue weighted by atomic mass is 9.87. The molecule has 1 aromatic carbocycles. The maximum absolute atomic E-state index is 13.7. The molecule has 1 amide bonds. The maximum atomic E-state index is 13.7. The molecule has 6 heteroatoms. The zero-order chi connectivity index (χ0) is 13.5. The summed E-state index contributed by atoms with van der Waals surface area (Å²) in [5.74, 6) is -1.47. The normalized spacial score (nSPS) is 24.1. The Balaban J connectivity index is 2.55. The van der Waals surface area contributed by atoms with Gasteiger partial charge in [-0.3, -0.25) is 9.69 Å². The van der Waals surface area contributed by atoms with Gasteiger partial charge in [0.15, 0.2) is 5.96 Å². The van der Waals surface area contributed by atoms with E-state index in [0.29, 0.717) is 0 Å². The highest BCUT2D eigenvalue weighted by atomic mass is 19.1. The van der Waals surface area contributed by atoms with Crippen molar-refractivity contribution in [1.29, 1.82) is 0 Å². The topological polar surface area (TPSA) is 58.7 Å². The van der Waals surface area contributed by atoms with Gasteiger partial charge >= 0.3 is 0 Å². The molecular formula is C12H13F2N3O. The van der Waals surface area contributed by atoms with Gasteiger partial charge < -0.3 is 5.73 Å². The van der Waals surface area contributed by atoms with Crippen molar-refractivity contribution >= 4 is 11.9 Å². The van der Waals surface area contributed by atoms with E-state index in [4.69, 9.17) is 5.73 Å². The molecule has 1 atom stereocenters. The minimum atomic E-state index is -1.17. The van der Waals surface area contributed by atoms with Gasteiger partial charge in [-0.15, -0.1) is 0 Å². The van der Waals surface area contributed by atoms with E-state index in [1.807, 2.05) is 0 Å². The van der Waals surface area contributed by atoms with E-state index in [1.54, 1.807) is 6.92 Å². The molecule has 0 aromatic heterocycles. The van der Waals surface area contributed by atoms with Crippen LogP contribution in [-0.2, 0) is 10.3 Å². The number of halogens is 2. The van der Waals surface area contributed by atoms with Gasteiger partial charge in [0, 0.05) is 12.6 Å². The number of rotatable bonds is 1. The Labute approximate surface area is 103 Å². The van der Waals surface area contributed by atoms with Crippen LogP contribution in [0.2, 0.25) is 0 Å². The number of hydrogen-bond acceptors (Lipinski definition) is 3. The average molecular weight is 253 g/mol. The van der Waals surface area contributed by atoms with E-state index in [2.05, 4.69) is 4.99 Å². The molecule has 2 rings (SSSR count). The molecule has 0 bridgehead atoms. The molecule has 0 aliphatic carbocycles. The number of benzene rings is 1. The van der Waals surface area contributed by atoms with Crippen molar-refractivity contribution in [3.63, 3.8) is 0 Å². The van der Waals surface area contributed by atoms with Gasteiger partial charge in [0.1, 0.15) is 11.6 Å². The molecule has 1 aromatic rings. The van der Waals surface area contributed by atoms with Gasteiger partial charge in [0.2, 0.25) is 5.91 Å². The van der Waals surface area contributed by atoms with Crippen molar-refractivity contribution < 1.29 is 13.6 Å². The minimum Gasteiger partial charge on any atom is -0.369 e. The van der Waals surface area contributed by atoms with Crippen LogP contribution < -0.4 is 5.73 Å². The zero-order valence-corrected chi connectivity index (χ0v) is 10.1. The van der Waals surface area contributed by atoms with E-state index in [1.165, 1.54) is 11.9 Å². The Kier molecular flexibility index (Phi) is 2.80. The number of hydrogen-bond donors (Lipinski definition) is 1. The first-order chi connectivity index (χ1) is 8.33. The summed E-state index contributed by atoms with van der Waals surface area (Å²) in [4.78, 5) is 17.0. The predicted octanol–water partition coefficient (Wildman–Crippen LogP) is 1.36. The van der Waals surface area contributed by atoms with Crippen LogP contribution in [0.3, 0.4) is 0 Å². The monoisotopic (exact) mass is 253 g/mol. The smallest absolute Gasteiger partial charge is 0.231 e. The molecule has 1 aliphatic rings. The fourth-order valence-corrected chi connectivity index (χ4v) is 1.97. The van der Waals surface area contributed by atoms with E-state index in [9.17, 15) is 13.6 Å². The number of carbonyl (C=O) groups is 1. The number of carbonyl (C=O) groups excluding carboxylic acids is 1. The summed E-state index contributed by atoms with van der Waals surface area (Å²) in [5, 5.41) is 0. The molecule has 0 saturated heterocycles. The third-order valence-electron chi connectivity index (χ3n) is 3.08. The molecule has 96 valence electrons. The molecule has 0 fully saturated rings. The Morgan fingerprint density at radius 2 is 2.11 bits per heavy atom. The lowest BCUT2D eigenvalue weighted by Gasteiger charge is -2.33. The van der Waals surface area contributed by atoms with Crippen LogP contribution >= 0.6 is 0 Å². The second-order valence-corrected chi connectivity index (χ2v) is 4.50. The molecule has 0 saturated carbocycles. The van der Waals surface area contributed by atoms with Crippen molar-refractivity contribution in [3.8, 4) is 0 Å². The SMILES string of the molecule is CN1C(=O)C[C@@](C)(c2cc(F)ccc2F)N=C1N. The van der Waals surface area contributed by atoms with Gasteiger partial charge in [-0.1, -0.05) is 0 Å². The second-order valence-electron chi connectivity index (χ2n) is 4.50. The molecule has 1 heterocycles. The van der Waals surface area contributed by atoms with Crippen molar-refractivity contribution in [3.05, 3.63) is 35.4 Å². The van der Waals surface area contributed by atoms with Crippen LogP contribution in [0.1, 0.15) is 18.9 Å². The van der Waals surface area contributed by atoms with Gasteiger partial charge in [-0.25, -0.2) is 13.8 Å². The van der Waals surface area contributed by atoms with Gasteiger partial charge in [0.25, 0.3) is 0 Å². The van der Waals surface area contributed by atoms with Crippen LogP contribution in [0.15, 0.2) is 23.2 Å². The first-order valence-corrected chi connectivity index (χ1v) is 5.41. The number of amides is 1. The lowest BCUT2D eigenvalue weighted by molar-refractivity contribution is -0.128. The van der Waals surface area contributed by atoms with Crippen LogP contribution in [0.5, 0.6) is 0 Å². The first kappa shape index (κ1) is 12.5. The minimum absolute atomic E-state index is 0.00240. The van der Waals surface area contributed by atoms with E-state index in [0.717, 1.165) is 18.2 Å². The predicted molar refractivity (Wildman–Crippen MR) is 62.7 cm³/mol. The summed E-state index contributed by atoms with van der Waals surface area (Å²) in [6.07, 6.45) is -0.0510. The number of aliphatic imine (C=N–C) groups is 1.